The standard InChI is InChI=1S/C8H15NO5/c1-4(11)7(13)8(14)6(3-10)9-5(2)12/h4,6,8,10-11,14H,3H2,1-2H3,(H,9,12)/t4-,6+,8-/m1/s1. The Morgan fingerprint density at radius 2 is 1.86 bits per heavy atom. The van der Waals surface area contributed by atoms with Crippen LogP contribution in [0.3, 0.4) is 0 Å². The normalized spacial score (nSPS) is 16.9. The second kappa shape index (κ2) is 5.69. The van der Waals surface area contributed by atoms with E-state index in [0.717, 1.165) is 0 Å². The number of aliphatic hydroxyl groups is 3. The molecule has 1 amide bonds. The summed E-state index contributed by atoms with van der Waals surface area (Å²) in [5.41, 5.74) is 0. The lowest BCUT2D eigenvalue weighted by Gasteiger charge is -2.21. The summed E-state index contributed by atoms with van der Waals surface area (Å²) in [5.74, 6) is -1.31. The van der Waals surface area contributed by atoms with Crippen LogP contribution in [0, 0.1) is 0 Å². The first-order chi connectivity index (χ1) is 6.40. The predicted octanol–water partition coefficient (Wildman–Crippen LogP) is -2.21. The van der Waals surface area contributed by atoms with Gasteiger partial charge in [0.25, 0.3) is 0 Å². The number of rotatable bonds is 5. The van der Waals surface area contributed by atoms with Crippen molar-refractivity contribution in [3.8, 4) is 0 Å². The highest BCUT2D eigenvalue weighted by atomic mass is 16.3. The lowest BCUT2D eigenvalue weighted by molar-refractivity contribution is -0.137. The van der Waals surface area contributed by atoms with Gasteiger partial charge in [-0.1, -0.05) is 0 Å². The molecule has 0 aromatic carbocycles. The van der Waals surface area contributed by atoms with Gasteiger partial charge in [0.1, 0.15) is 12.2 Å². The van der Waals surface area contributed by atoms with Gasteiger partial charge in [-0.05, 0) is 6.92 Å². The molecule has 0 aliphatic heterocycles. The monoisotopic (exact) mass is 205 g/mol. The number of ketones is 1. The van der Waals surface area contributed by atoms with Crippen LogP contribution in [0.5, 0.6) is 0 Å². The molecule has 0 aliphatic rings. The van der Waals surface area contributed by atoms with Gasteiger partial charge in [-0.2, -0.15) is 0 Å². The Kier molecular flexibility index (Phi) is 5.29. The molecule has 3 atom stereocenters. The predicted molar refractivity (Wildman–Crippen MR) is 47.4 cm³/mol. The molecule has 14 heavy (non-hydrogen) atoms. The lowest BCUT2D eigenvalue weighted by Crippen LogP contribution is -2.50. The van der Waals surface area contributed by atoms with E-state index in [1.54, 1.807) is 0 Å². The summed E-state index contributed by atoms with van der Waals surface area (Å²) in [6.07, 6.45) is -2.92. The molecule has 4 N–H and O–H groups in total. The molecule has 6 nitrogen and oxygen atoms in total. The Labute approximate surface area is 81.5 Å². The molecule has 0 rings (SSSR count). The third-order valence-corrected chi connectivity index (χ3v) is 1.67. The SMILES string of the molecule is CC(=O)N[C@@H](CO)[C@@H](O)C(=O)[C@@H](C)O. The van der Waals surface area contributed by atoms with Crippen molar-refractivity contribution in [1.29, 1.82) is 0 Å². The number of Topliss-reactive ketones (excluding diaryl/α,β-unsaturated/α-hetero) is 1. The van der Waals surface area contributed by atoms with Gasteiger partial charge in [-0.15, -0.1) is 0 Å². The largest absolute Gasteiger partial charge is 0.394 e. The van der Waals surface area contributed by atoms with Gasteiger partial charge in [0.05, 0.1) is 12.6 Å². The smallest absolute Gasteiger partial charge is 0.217 e. The van der Waals surface area contributed by atoms with Crippen molar-refractivity contribution in [2.75, 3.05) is 6.61 Å². The van der Waals surface area contributed by atoms with Crippen LogP contribution in [0.4, 0.5) is 0 Å². The molecule has 0 heterocycles. The van der Waals surface area contributed by atoms with Crippen LogP contribution in [0.25, 0.3) is 0 Å². The number of carbonyl (C=O) groups is 2. The van der Waals surface area contributed by atoms with E-state index >= 15 is 0 Å². The summed E-state index contributed by atoms with van der Waals surface area (Å²) in [5, 5.41) is 29.1. The number of hydrogen-bond acceptors (Lipinski definition) is 5. The molecular formula is C8H15NO5. The van der Waals surface area contributed by atoms with Gasteiger partial charge >= 0.3 is 0 Å². The Balaban J connectivity index is 4.37. The van der Waals surface area contributed by atoms with Crippen LogP contribution in [-0.2, 0) is 9.59 Å². The van der Waals surface area contributed by atoms with Gasteiger partial charge < -0.3 is 20.6 Å². The Hall–Kier alpha value is -0.980. The highest BCUT2D eigenvalue weighted by Crippen LogP contribution is 1.99. The number of aliphatic hydroxyl groups excluding tert-OH is 3. The third-order valence-electron chi connectivity index (χ3n) is 1.67. The van der Waals surface area contributed by atoms with E-state index in [4.69, 9.17) is 10.2 Å². The fourth-order valence-corrected chi connectivity index (χ4v) is 0.931. The fourth-order valence-electron chi connectivity index (χ4n) is 0.931. The van der Waals surface area contributed by atoms with Crippen molar-refractivity contribution in [2.45, 2.75) is 32.1 Å². The first kappa shape index (κ1) is 13.0. The van der Waals surface area contributed by atoms with Crippen molar-refractivity contribution in [1.82, 2.24) is 5.32 Å². The number of carbonyl (C=O) groups excluding carboxylic acids is 2. The number of amides is 1. The van der Waals surface area contributed by atoms with Crippen molar-refractivity contribution < 1.29 is 24.9 Å². The first-order valence-corrected chi connectivity index (χ1v) is 4.18. The Bertz CT molecular complexity index is 216. The van der Waals surface area contributed by atoms with Crippen molar-refractivity contribution in [3.63, 3.8) is 0 Å². The van der Waals surface area contributed by atoms with Crippen molar-refractivity contribution >= 4 is 11.7 Å². The molecule has 0 saturated carbocycles. The maximum Gasteiger partial charge on any atom is 0.217 e. The van der Waals surface area contributed by atoms with Crippen LogP contribution in [0.2, 0.25) is 0 Å². The van der Waals surface area contributed by atoms with E-state index in [-0.39, 0.29) is 0 Å². The highest BCUT2D eigenvalue weighted by Gasteiger charge is 2.28. The zero-order valence-corrected chi connectivity index (χ0v) is 8.10. The summed E-state index contributed by atoms with van der Waals surface area (Å²) in [7, 11) is 0. The van der Waals surface area contributed by atoms with Crippen molar-refractivity contribution in [3.05, 3.63) is 0 Å². The first-order valence-electron chi connectivity index (χ1n) is 4.18. The second-order valence-electron chi connectivity index (χ2n) is 3.01. The third kappa shape index (κ3) is 3.82. The van der Waals surface area contributed by atoms with Crippen LogP contribution < -0.4 is 5.32 Å². The van der Waals surface area contributed by atoms with Crippen LogP contribution in [0.1, 0.15) is 13.8 Å². The maximum absolute atomic E-state index is 11.1. The minimum Gasteiger partial charge on any atom is -0.394 e. The minimum absolute atomic E-state index is 0.471. The second-order valence-corrected chi connectivity index (χ2v) is 3.01. The van der Waals surface area contributed by atoms with Gasteiger partial charge in [0.15, 0.2) is 5.78 Å². The van der Waals surface area contributed by atoms with Crippen LogP contribution in [-0.4, -0.2) is 51.9 Å². The molecule has 0 unspecified atom stereocenters. The lowest BCUT2D eigenvalue weighted by atomic mass is 10.0. The topological polar surface area (TPSA) is 107 Å². The Morgan fingerprint density at radius 1 is 1.36 bits per heavy atom. The molecule has 0 fully saturated rings. The Morgan fingerprint density at radius 3 is 2.14 bits per heavy atom. The van der Waals surface area contributed by atoms with E-state index in [9.17, 15) is 14.7 Å². The van der Waals surface area contributed by atoms with Crippen LogP contribution >= 0.6 is 0 Å². The molecule has 0 bridgehead atoms. The minimum atomic E-state index is -1.59. The summed E-state index contributed by atoms with van der Waals surface area (Å²) in [4.78, 5) is 21.7. The van der Waals surface area contributed by atoms with E-state index in [1.807, 2.05) is 0 Å². The van der Waals surface area contributed by atoms with Gasteiger partial charge in [-0.3, -0.25) is 9.59 Å². The summed E-state index contributed by atoms with van der Waals surface area (Å²) in [6, 6.07) is -1.07. The molecular weight excluding hydrogens is 190 g/mol. The van der Waals surface area contributed by atoms with E-state index in [0.29, 0.717) is 0 Å². The molecule has 0 radical (unpaired) electrons. The van der Waals surface area contributed by atoms with E-state index < -0.39 is 36.5 Å². The molecule has 0 aliphatic carbocycles. The molecule has 0 saturated heterocycles. The summed E-state index contributed by atoms with van der Waals surface area (Å²) in [6.45, 7) is 1.83. The van der Waals surface area contributed by atoms with Crippen LogP contribution in [0.15, 0.2) is 0 Å². The number of nitrogens with one attached hydrogen (secondary N) is 1. The molecule has 6 heteroatoms. The average Bonchev–Trinajstić information content (AvgIpc) is 2.11. The maximum atomic E-state index is 11.1. The number of hydrogen-bond donors (Lipinski definition) is 4. The van der Waals surface area contributed by atoms with Gasteiger partial charge in [0.2, 0.25) is 5.91 Å². The summed E-state index contributed by atoms with van der Waals surface area (Å²) >= 11 is 0. The zero-order valence-electron chi connectivity index (χ0n) is 8.10. The zero-order chi connectivity index (χ0) is 11.3. The highest BCUT2D eigenvalue weighted by molar-refractivity contribution is 5.88. The molecule has 0 spiro atoms. The molecule has 0 aromatic rings. The fraction of sp³-hybridized carbons (Fsp3) is 0.750. The van der Waals surface area contributed by atoms with E-state index in [2.05, 4.69) is 5.32 Å². The van der Waals surface area contributed by atoms with Crippen molar-refractivity contribution in [2.24, 2.45) is 0 Å². The summed E-state index contributed by atoms with van der Waals surface area (Å²) < 4.78 is 0. The quantitative estimate of drug-likeness (QED) is 0.407. The van der Waals surface area contributed by atoms with E-state index in [1.165, 1.54) is 13.8 Å². The average molecular weight is 205 g/mol. The molecule has 0 aromatic heterocycles. The molecule has 82 valence electrons. The van der Waals surface area contributed by atoms with Gasteiger partial charge in [0, 0.05) is 6.92 Å². The van der Waals surface area contributed by atoms with Gasteiger partial charge in [-0.25, -0.2) is 0 Å².